The van der Waals surface area contributed by atoms with Crippen LogP contribution in [0.1, 0.15) is 6.23 Å². The van der Waals surface area contributed by atoms with Gasteiger partial charge in [-0.2, -0.15) is 0 Å². The van der Waals surface area contributed by atoms with Gasteiger partial charge in [0.15, 0.2) is 11.8 Å². The van der Waals surface area contributed by atoms with E-state index in [1.165, 1.54) is 0 Å². The van der Waals surface area contributed by atoms with Crippen LogP contribution in [0.5, 0.6) is 0 Å². The van der Waals surface area contributed by atoms with E-state index in [9.17, 15) is 15.3 Å². The average Bonchev–Trinajstić information content (AvgIpc) is 3.28. The molecule has 29 heavy (non-hydrogen) atoms. The summed E-state index contributed by atoms with van der Waals surface area (Å²) in [7, 11) is 0. The van der Waals surface area contributed by atoms with Crippen molar-refractivity contribution < 1.29 is 24.5 Å². The Morgan fingerprint density at radius 3 is 2.34 bits per heavy atom. The topological polar surface area (TPSA) is 88.0 Å². The molecule has 1 saturated heterocycles. The van der Waals surface area contributed by atoms with Gasteiger partial charge < -0.3 is 29.0 Å². The first-order valence-corrected chi connectivity index (χ1v) is 9.64. The SMILES string of the molecule is O[C@@H]1[C@@H](O)[C@H](n2c3ccccc3c3ccc4c5ccccc5oc4c32)OC[C@H]1O. The van der Waals surface area contributed by atoms with Gasteiger partial charge in [0.1, 0.15) is 23.9 Å². The molecule has 0 aliphatic carbocycles. The lowest BCUT2D eigenvalue weighted by Gasteiger charge is -2.36. The summed E-state index contributed by atoms with van der Waals surface area (Å²) in [6.07, 6.45) is -4.55. The smallest absolute Gasteiger partial charge is 0.163 e. The summed E-state index contributed by atoms with van der Waals surface area (Å²) >= 11 is 0. The number of benzene rings is 3. The Balaban J connectivity index is 1.75. The molecule has 0 saturated carbocycles. The van der Waals surface area contributed by atoms with E-state index < -0.39 is 24.5 Å². The molecular formula is C23H19NO5. The molecule has 0 radical (unpaired) electrons. The van der Waals surface area contributed by atoms with Gasteiger partial charge in [-0.3, -0.25) is 0 Å². The minimum absolute atomic E-state index is 0.0625. The summed E-state index contributed by atoms with van der Waals surface area (Å²) in [6.45, 7) is -0.0625. The van der Waals surface area contributed by atoms with E-state index >= 15 is 0 Å². The summed E-state index contributed by atoms with van der Waals surface area (Å²) < 4.78 is 13.9. The van der Waals surface area contributed by atoms with Crippen LogP contribution in [0.4, 0.5) is 0 Å². The number of aliphatic hydroxyl groups is 3. The van der Waals surface area contributed by atoms with E-state index in [1.54, 1.807) is 0 Å². The highest BCUT2D eigenvalue weighted by Crippen LogP contribution is 2.41. The minimum atomic E-state index is -1.29. The molecule has 0 spiro atoms. The molecular weight excluding hydrogens is 370 g/mol. The molecule has 1 aliphatic heterocycles. The lowest BCUT2D eigenvalue weighted by atomic mass is 10.0. The lowest BCUT2D eigenvalue weighted by Crippen LogP contribution is -2.50. The maximum Gasteiger partial charge on any atom is 0.163 e. The monoisotopic (exact) mass is 389 g/mol. The molecule has 3 aromatic carbocycles. The van der Waals surface area contributed by atoms with E-state index in [0.717, 1.165) is 38.2 Å². The van der Waals surface area contributed by atoms with Gasteiger partial charge in [-0.15, -0.1) is 0 Å². The lowest BCUT2D eigenvalue weighted by molar-refractivity contribution is -0.208. The van der Waals surface area contributed by atoms with Crippen LogP contribution in [0.3, 0.4) is 0 Å². The summed E-state index contributed by atoms with van der Waals surface area (Å²) in [5.41, 5.74) is 3.15. The predicted octanol–water partition coefficient (Wildman–Crippen LogP) is 3.31. The molecule has 0 amide bonds. The third-order valence-electron chi connectivity index (χ3n) is 5.94. The standard InChI is InChI=1S/C23H19NO5/c25-17-11-28-23(21(27)20(17)26)24-16-7-3-1-5-12(16)14-9-10-15-13-6-2-4-8-18(13)29-22(15)19(14)24/h1-10,17,20-21,23,25-27H,11H2/t17-,20+,21-,23-/m1/s1. The number of aliphatic hydroxyl groups excluding tert-OH is 3. The van der Waals surface area contributed by atoms with Crippen LogP contribution in [0.15, 0.2) is 65.1 Å². The zero-order valence-electron chi connectivity index (χ0n) is 15.4. The maximum absolute atomic E-state index is 10.7. The van der Waals surface area contributed by atoms with E-state index in [1.807, 2.05) is 53.1 Å². The molecule has 6 nitrogen and oxygen atoms in total. The van der Waals surface area contributed by atoms with Crippen molar-refractivity contribution >= 4 is 43.7 Å². The van der Waals surface area contributed by atoms with Crippen molar-refractivity contribution in [2.45, 2.75) is 24.5 Å². The van der Waals surface area contributed by atoms with E-state index in [4.69, 9.17) is 9.15 Å². The fourth-order valence-electron chi connectivity index (χ4n) is 4.55. The summed E-state index contributed by atoms with van der Waals surface area (Å²) in [6, 6.07) is 19.8. The summed E-state index contributed by atoms with van der Waals surface area (Å²) in [5.74, 6) is 0. The molecule has 6 rings (SSSR count). The molecule has 0 unspecified atom stereocenters. The summed E-state index contributed by atoms with van der Waals surface area (Å²) in [5, 5.41) is 34.9. The maximum atomic E-state index is 10.7. The van der Waals surface area contributed by atoms with Crippen LogP contribution >= 0.6 is 0 Å². The van der Waals surface area contributed by atoms with Crippen molar-refractivity contribution in [1.82, 2.24) is 4.57 Å². The van der Waals surface area contributed by atoms with E-state index in [-0.39, 0.29) is 6.61 Å². The Morgan fingerprint density at radius 1 is 0.759 bits per heavy atom. The van der Waals surface area contributed by atoms with Crippen LogP contribution in [-0.4, -0.2) is 44.8 Å². The van der Waals surface area contributed by atoms with E-state index in [2.05, 4.69) is 12.1 Å². The zero-order valence-corrected chi connectivity index (χ0v) is 15.4. The number of nitrogens with zero attached hydrogens (tertiary/aromatic N) is 1. The van der Waals surface area contributed by atoms with Crippen LogP contribution < -0.4 is 0 Å². The summed E-state index contributed by atoms with van der Waals surface area (Å²) in [4.78, 5) is 0. The van der Waals surface area contributed by atoms with Gasteiger partial charge in [-0.05, 0) is 18.2 Å². The first-order valence-electron chi connectivity index (χ1n) is 9.64. The highest BCUT2D eigenvalue weighted by molar-refractivity contribution is 6.20. The molecule has 3 heterocycles. The number of fused-ring (bicyclic) bond motifs is 7. The number of ether oxygens (including phenoxy) is 1. The Morgan fingerprint density at radius 2 is 1.48 bits per heavy atom. The highest BCUT2D eigenvalue weighted by atomic mass is 16.5. The Bertz CT molecular complexity index is 1380. The largest absolute Gasteiger partial charge is 0.454 e. The second kappa shape index (κ2) is 6.05. The Labute approximate surface area is 165 Å². The third kappa shape index (κ3) is 2.25. The van der Waals surface area contributed by atoms with Crippen molar-refractivity contribution in [3.8, 4) is 0 Å². The quantitative estimate of drug-likeness (QED) is 0.409. The van der Waals surface area contributed by atoms with Gasteiger partial charge in [0, 0.05) is 21.5 Å². The fourth-order valence-corrected chi connectivity index (χ4v) is 4.55. The molecule has 1 aliphatic rings. The van der Waals surface area contributed by atoms with Crippen LogP contribution in [0.25, 0.3) is 43.7 Å². The van der Waals surface area contributed by atoms with Gasteiger partial charge in [0.05, 0.1) is 17.6 Å². The number of para-hydroxylation sites is 2. The molecule has 5 aromatic rings. The first kappa shape index (κ1) is 17.0. The predicted molar refractivity (Wildman–Crippen MR) is 110 cm³/mol. The van der Waals surface area contributed by atoms with Crippen LogP contribution in [-0.2, 0) is 4.74 Å². The van der Waals surface area contributed by atoms with Crippen molar-refractivity contribution in [2.24, 2.45) is 0 Å². The van der Waals surface area contributed by atoms with E-state index in [0.29, 0.717) is 5.58 Å². The van der Waals surface area contributed by atoms with Crippen LogP contribution in [0.2, 0.25) is 0 Å². The highest BCUT2D eigenvalue weighted by Gasteiger charge is 2.40. The number of furan rings is 1. The van der Waals surface area contributed by atoms with Crippen molar-refractivity contribution in [3.63, 3.8) is 0 Å². The first-order chi connectivity index (χ1) is 14.1. The Kier molecular flexibility index (Phi) is 3.54. The van der Waals surface area contributed by atoms with Crippen molar-refractivity contribution in [3.05, 3.63) is 60.7 Å². The van der Waals surface area contributed by atoms with Crippen molar-refractivity contribution in [2.75, 3.05) is 6.61 Å². The number of hydrogen-bond acceptors (Lipinski definition) is 5. The minimum Gasteiger partial charge on any atom is -0.454 e. The molecule has 2 aromatic heterocycles. The third-order valence-corrected chi connectivity index (χ3v) is 5.94. The second-order valence-electron chi connectivity index (χ2n) is 7.60. The molecule has 3 N–H and O–H groups in total. The van der Waals surface area contributed by atoms with Gasteiger partial charge in [-0.25, -0.2) is 0 Å². The van der Waals surface area contributed by atoms with Gasteiger partial charge >= 0.3 is 0 Å². The number of hydrogen-bond donors (Lipinski definition) is 3. The molecule has 0 bridgehead atoms. The normalized spacial score (nSPS) is 25.5. The van der Waals surface area contributed by atoms with Crippen LogP contribution in [0, 0.1) is 0 Å². The molecule has 4 atom stereocenters. The van der Waals surface area contributed by atoms with Gasteiger partial charge in [-0.1, -0.05) is 42.5 Å². The molecule has 146 valence electrons. The second-order valence-corrected chi connectivity index (χ2v) is 7.60. The number of rotatable bonds is 1. The molecule has 6 heteroatoms. The van der Waals surface area contributed by atoms with Gasteiger partial charge in [0.2, 0.25) is 0 Å². The van der Waals surface area contributed by atoms with Crippen molar-refractivity contribution in [1.29, 1.82) is 0 Å². The zero-order chi connectivity index (χ0) is 19.7. The van der Waals surface area contributed by atoms with Gasteiger partial charge in [0.25, 0.3) is 0 Å². The Hall–Kier alpha value is -2.90. The number of aromatic nitrogens is 1. The average molecular weight is 389 g/mol. The molecule has 1 fully saturated rings. The fraction of sp³-hybridized carbons (Fsp3) is 0.217.